The second-order valence-corrected chi connectivity index (χ2v) is 5.51. The second kappa shape index (κ2) is 8.16. The van der Waals surface area contributed by atoms with Gasteiger partial charge in [-0.15, -0.1) is 0 Å². The van der Waals surface area contributed by atoms with Crippen LogP contribution < -0.4 is 10.1 Å². The van der Waals surface area contributed by atoms with E-state index in [1.54, 1.807) is 0 Å². The Morgan fingerprint density at radius 2 is 1.09 bits per heavy atom. The first-order valence-corrected chi connectivity index (χ1v) is 7.90. The van der Waals surface area contributed by atoms with E-state index < -0.39 is 0 Å². The van der Waals surface area contributed by atoms with Crippen LogP contribution in [0.1, 0.15) is 16.7 Å². The molecule has 0 aliphatic heterocycles. The standard InChI is InChI=1S/C21H21NO/c1-3-7-18(8-4-1)15-22-16-19-11-13-20(14-12-19)17-23-21-9-5-2-6-10-21/h1-14,22H,15-17H2. The Kier molecular flexibility index (Phi) is 5.43. The van der Waals surface area contributed by atoms with Gasteiger partial charge in [0.15, 0.2) is 0 Å². The van der Waals surface area contributed by atoms with E-state index in [1.165, 1.54) is 16.7 Å². The highest BCUT2D eigenvalue weighted by molar-refractivity contribution is 5.25. The smallest absolute Gasteiger partial charge is 0.119 e. The fourth-order valence-corrected chi connectivity index (χ4v) is 2.38. The van der Waals surface area contributed by atoms with Crippen LogP contribution in [-0.4, -0.2) is 0 Å². The van der Waals surface area contributed by atoms with Crippen LogP contribution in [0, 0.1) is 0 Å². The van der Waals surface area contributed by atoms with Crippen molar-refractivity contribution in [2.45, 2.75) is 19.7 Å². The quantitative estimate of drug-likeness (QED) is 0.691. The fraction of sp³-hybridized carbons (Fsp3) is 0.143. The van der Waals surface area contributed by atoms with Gasteiger partial charge in [-0.25, -0.2) is 0 Å². The van der Waals surface area contributed by atoms with Crippen LogP contribution in [0.15, 0.2) is 84.9 Å². The SMILES string of the molecule is c1ccc(CNCc2ccc(COc3ccccc3)cc2)cc1. The van der Waals surface area contributed by atoms with Crippen molar-refractivity contribution in [3.8, 4) is 5.75 Å². The Balaban J connectivity index is 1.45. The van der Waals surface area contributed by atoms with Crippen LogP contribution in [0.2, 0.25) is 0 Å². The molecule has 1 N–H and O–H groups in total. The molecular weight excluding hydrogens is 282 g/mol. The minimum Gasteiger partial charge on any atom is -0.489 e. The van der Waals surface area contributed by atoms with Gasteiger partial charge < -0.3 is 10.1 Å². The number of benzene rings is 3. The van der Waals surface area contributed by atoms with Gasteiger partial charge in [0, 0.05) is 13.1 Å². The maximum absolute atomic E-state index is 5.76. The van der Waals surface area contributed by atoms with Crippen molar-refractivity contribution in [3.05, 3.63) is 102 Å². The van der Waals surface area contributed by atoms with Crippen LogP contribution >= 0.6 is 0 Å². The molecule has 2 heteroatoms. The maximum Gasteiger partial charge on any atom is 0.119 e. The summed E-state index contributed by atoms with van der Waals surface area (Å²) in [5.41, 5.74) is 3.77. The molecule has 0 fully saturated rings. The van der Waals surface area contributed by atoms with E-state index in [2.05, 4.69) is 53.8 Å². The molecule has 0 bridgehead atoms. The van der Waals surface area contributed by atoms with Gasteiger partial charge in [0.25, 0.3) is 0 Å². The molecule has 0 aliphatic rings. The molecule has 0 saturated heterocycles. The molecule has 3 aromatic carbocycles. The van der Waals surface area contributed by atoms with Crippen molar-refractivity contribution in [2.75, 3.05) is 0 Å². The molecule has 0 amide bonds. The minimum atomic E-state index is 0.599. The highest BCUT2D eigenvalue weighted by atomic mass is 16.5. The normalized spacial score (nSPS) is 10.4. The number of hydrogen-bond donors (Lipinski definition) is 1. The lowest BCUT2D eigenvalue weighted by atomic mass is 10.1. The van der Waals surface area contributed by atoms with Gasteiger partial charge in [-0.3, -0.25) is 0 Å². The molecule has 116 valence electrons. The van der Waals surface area contributed by atoms with Crippen LogP contribution in [0.4, 0.5) is 0 Å². The second-order valence-electron chi connectivity index (χ2n) is 5.51. The van der Waals surface area contributed by atoms with E-state index >= 15 is 0 Å². The van der Waals surface area contributed by atoms with E-state index in [0.717, 1.165) is 18.8 Å². The highest BCUT2D eigenvalue weighted by Crippen LogP contribution is 2.12. The van der Waals surface area contributed by atoms with Crippen LogP contribution in [0.3, 0.4) is 0 Å². The van der Waals surface area contributed by atoms with Crippen LogP contribution in [-0.2, 0) is 19.7 Å². The molecule has 0 heterocycles. The summed E-state index contributed by atoms with van der Waals surface area (Å²) < 4.78 is 5.76. The molecule has 0 spiro atoms. The number of rotatable bonds is 7. The molecule has 0 atom stereocenters. The third kappa shape index (κ3) is 4.97. The van der Waals surface area contributed by atoms with Gasteiger partial charge in [0.05, 0.1) is 0 Å². The summed E-state index contributed by atoms with van der Waals surface area (Å²) in [5.74, 6) is 0.904. The number of ether oxygens (including phenoxy) is 1. The Bertz CT molecular complexity index is 693. The zero-order chi connectivity index (χ0) is 15.7. The summed E-state index contributed by atoms with van der Waals surface area (Å²) in [6.45, 7) is 2.36. The predicted molar refractivity (Wildman–Crippen MR) is 94.2 cm³/mol. The molecule has 2 nitrogen and oxygen atoms in total. The maximum atomic E-state index is 5.76. The Labute approximate surface area is 137 Å². The summed E-state index contributed by atoms with van der Waals surface area (Å²) in [4.78, 5) is 0. The Morgan fingerprint density at radius 1 is 0.565 bits per heavy atom. The van der Waals surface area contributed by atoms with Gasteiger partial charge in [0.1, 0.15) is 12.4 Å². The minimum absolute atomic E-state index is 0.599. The van der Waals surface area contributed by atoms with Crippen molar-refractivity contribution < 1.29 is 4.74 Å². The summed E-state index contributed by atoms with van der Waals surface area (Å²) >= 11 is 0. The first kappa shape index (κ1) is 15.3. The van der Waals surface area contributed by atoms with Gasteiger partial charge in [-0.05, 0) is 28.8 Å². The van der Waals surface area contributed by atoms with Gasteiger partial charge in [-0.1, -0.05) is 72.8 Å². The van der Waals surface area contributed by atoms with E-state index in [9.17, 15) is 0 Å². The topological polar surface area (TPSA) is 21.3 Å². The largest absolute Gasteiger partial charge is 0.489 e. The van der Waals surface area contributed by atoms with Crippen molar-refractivity contribution >= 4 is 0 Å². The van der Waals surface area contributed by atoms with Crippen LogP contribution in [0.5, 0.6) is 5.75 Å². The molecule has 0 unspecified atom stereocenters. The number of para-hydroxylation sites is 1. The van der Waals surface area contributed by atoms with Crippen molar-refractivity contribution in [3.63, 3.8) is 0 Å². The lowest BCUT2D eigenvalue weighted by Crippen LogP contribution is -2.12. The van der Waals surface area contributed by atoms with Gasteiger partial charge in [0.2, 0.25) is 0 Å². The summed E-state index contributed by atoms with van der Waals surface area (Å²) in [6.07, 6.45) is 0. The molecule has 0 saturated carbocycles. The fourth-order valence-electron chi connectivity index (χ4n) is 2.38. The van der Waals surface area contributed by atoms with Gasteiger partial charge >= 0.3 is 0 Å². The number of hydrogen-bond acceptors (Lipinski definition) is 2. The van der Waals surface area contributed by atoms with Gasteiger partial charge in [-0.2, -0.15) is 0 Å². The van der Waals surface area contributed by atoms with E-state index in [0.29, 0.717) is 6.61 Å². The van der Waals surface area contributed by atoms with E-state index in [-0.39, 0.29) is 0 Å². The average molecular weight is 303 g/mol. The third-order valence-electron chi connectivity index (χ3n) is 3.67. The molecule has 3 rings (SSSR count). The monoisotopic (exact) mass is 303 g/mol. The third-order valence-corrected chi connectivity index (χ3v) is 3.67. The Morgan fingerprint density at radius 3 is 1.74 bits per heavy atom. The number of nitrogens with one attached hydrogen (secondary N) is 1. The first-order chi connectivity index (χ1) is 11.4. The molecule has 3 aromatic rings. The molecule has 23 heavy (non-hydrogen) atoms. The highest BCUT2D eigenvalue weighted by Gasteiger charge is 1.97. The van der Waals surface area contributed by atoms with Crippen molar-refractivity contribution in [2.24, 2.45) is 0 Å². The van der Waals surface area contributed by atoms with E-state index in [4.69, 9.17) is 4.74 Å². The first-order valence-electron chi connectivity index (χ1n) is 7.90. The molecule has 0 aromatic heterocycles. The summed E-state index contributed by atoms with van der Waals surface area (Å²) in [6, 6.07) is 28.9. The molecular formula is C21H21NO. The lowest BCUT2D eigenvalue weighted by molar-refractivity contribution is 0.306. The molecule has 0 radical (unpaired) electrons. The zero-order valence-electron chi connectivity index (χ0n) is 13.1. The average Bonchev–Trinajstić information content (AvgIpc) is 2.63. The van der Waals surface area contributed by atoms with Crippen molar-refractivity contribution in [1.82, 2.24) is 5.32 Å². The Hall–Kier alpha value is -2.58. The van der Waals surface area contributed by atoms with E-state index in [1.807, 2.05) is 36.4 Å². The summed E-state index contributed by atoms with van der Waals surface area (Å²) in [7, 11) is 0. The molecule has 0 aliphatic carbocycles. The van der Waals surface area contributed by atoms with Crippen LogP contribution in [0.25, 0.3) is 0 Å². The predicted octanol–water partition coefficient (Wildman–Crippen LogP) is 4.56. The lowest BCUT2D eigenvalue weighted by Gasteiger charge is -2.08. The zero-order valence-corrected chi connectivity index (χ0v) is 13.1. The summed E-state index contributed by atoms with van der Waals surface area (Å²) in [5, 5.41) is 3.46. The van der Waals surface area contributed by atoms with Crippen molar-refractivity contribution in [1.29, 1.82) is 0 Å².